The number of hydrogen-bond donors (Lipinski definition) is 1. The number of halogens is 3. The topological polar surface area (TPSA) is 69.7 Å². The zero-order valence-corrected chi connectivity index (χ0v) is 19.2. The Morgan fingerprint density at radius 2 is 1.54 bits per heavy atom. The molecule has 2 fully saturated rings. The molecule has 6 nitrogen and oxygen atoms in total. The smallest absolute Gasteiger partial charge is 0.357 e. The number of alkyl halides is 3. The number of hydrogen-bond acceptors (Lipinski definition) is 4. The first-order valence-corrected chi connectivity index (χ1v) is 11.7. The van der Waals surface area contributed by atoms with Crippen LogP contribution in [0.4, 0.5) is 24.5 Å². The average Bonchev–Trinajstić information content (AvgIpc) is 3.36. The van der Waals surface area contributed by atoms with Crippen LogP contribution in [0, 0.1) is 11.8 Å². The molecule has 4 atom stereocenters. The highest BCUT2D eigenvalue weighted by molar-refractivity contribution is 6.24. The summed E-state index contributed by atoms with van der Waals surface area (Å²) < 4.78 is 39.7. The second-order valence-electron chi connectivity index (χ2n) is 9.25. The summed E-state index contributed by atoms with van der Waals surface area (Å²) in [6.07, 6.45) is -1.08. The van der Waals surface area contributed by atoms with Crippen LogP contribution >= 0.6 is 0 Å². The largest absolute Gasteiger partial charge is 0.416 e. The van der Waals surface area contributed by atoms with Crippen molar-refractivity contribution in [2.45, 2.75) is 18.3 Å². The number of anilines is 2. The van der Waals surface area contributed by atoms with Gasteiger partial charge in [0.25, 0.3) is 0 Å². The molecule has 3 aliphatic heterocycles. The number of fused-ring (bicyclic) bond motifs is 5. The lowest BCUT2D eigenvalue weighted by Gasteiger charge is -2.35. The molecule has 9 heteroatoms. The summed E-state index contributed by atoms with van der Waals surface area (Å²) in [4.78, 5) is 43.9. The van der Waals surface area contributed by atoms with Crippen LogP contribution in [0.3, 0.4) is 0 Å². The van der Waals surface area contributed by atoms with E-state index in [4.69, 9.17) is 0 Å². The van der Waals surface area contributed by atoms with Crippen molar-refractivity contribution in [2.24, 2.45) is 11.8 Å². The van der Waals surface area contributed by atoms with Gasteiger partial charge in [0.2, 0.25) is 17.7 Å². The number of carbonyl (C=O) groups is 3. The van der Waals surface area contributed by atoms with Crippen LogP contribution in [-0.2, 0) is 20.6 Å². The monoisotopic (exact) mass is 503 g/mol. The van der Waals surface area contributed by atoms with Crippen LogP contribution in [0.5, 0.6) is 0 Å². The number of amides is 3. The first kappa shape index (κ1) is 23.0. The first-order chi connectivity index (χ1) is 17.8. The number of rotatable bonds is 3. The van der Waals surface area contributed by atoms with Gasteiger partial charge in [-0.15, -0.1) is 0 Å². The highest BCUT2D eigenvalue weighted by atomic mass is 19.4. The predicted molar refractivity (Wildman–Crippen MR) is 130 cm³/mol. The fourth-order valence-corrected chi connectivity index (χ4v) is 5.68. The van der Waals surface area contributed by atoms with E-state index in [2.05, 4.69) is 5.32 Å². The molecule has 0 unspecified atom stereocenters. The zero-order chi connectivity index (χ0) is 25.9. The van der Waals surface area contributed by atoms with E-state index in [0.29, 0.717) is 5.69 Å². The Hall–Kier alpha value is -4.40. The highest BCUT2D eigenvalue weighted by Crippen LogP contribution is 2.53. The van der Waals surface area contributed by atoms with Gasteiger partial charge in [-0.05, 0) is 47.5 Å². The van der Waals surface area contributed by atoms with Crippen molar-refractivity contribution in [3.05, 3.63) is 102 Å². The molecule has 0 saturated carbocycles. The van der Waals surface area contributed by atoms with Crippen molar-refractivity contribution in [3.8, 4) is 0 Å². The first-order valence-electron chi connectivity index (χ1n) is 11.7. The molecule has 3 amide bonds. The SMILES string of the molecule is O=C(Nc1cccc(C(F)(F)F)c1)[C@@H]1[C@@H]2C(=O)N(c3ccccc3)C(=O)[C@H]2[C@H]2c3ccccc3C=CN12. The Balaban J connectivity index is 1.41. The van der Waals surface area contributed by atoms with E-state index in [9.17, 15) is 27.6 Å². The standard InChI is InChI=1S/C28H20F3N3O3/c29-28(30,31)17-8-6-9-18(15-17)32-25(35)24-22-21(23-20-12-5-4-7-16(20)13-14-33(23)24)26(36)34(27(22)37)19-10-2-1-3-11-19/h1-15,21-24H,(H,32,35)/t21-,22-,23-,24+/m1/s1. The van der Waals surface area contributed by atoms with Crippen molar-refractivity contribution in [1.29, 1.82) is 0 Å². The zero-order valence-electron chi connectivity index (χ0n) is 19.2. The van der Waals surface area contributed by atoms with E-state index >= 15 is 0 Å². The molecule has 0 aromatic heterocycles. The average molecular weight is 503 g/mol. The Morgan fingerprint density at radius 3 is 2.30 bits per heavy atom. The van der Waals surface area contributed by atoms with Crippen molar-refractivity contribution >= 4 is 35.2 Å². The van der Waals surface area contributed by atoms with Gasteiger partial charge in [-0.1, -0.05) is 48.5 Å². The van der Waals surface area contributed by atoms with Gasteiger partial charge in [0, 0.05) is 11.9 Å². The van der Waals surface area contributed by atoms with Crippen molar-refractivity contribution in [2.75, 3.05) is 10.2 Å². The Morgan fingerprint density at radius 1 is 0.838 bits per heavy atom. The summed E-state index contributed by atoms with van der Waals surface area (Å²) >= 11 is 0. The molecule has 0 aliphatic carbocycles. The molecule has 3 aliphatic rings. The van der Waals surface area contributed by atoms with Gasteiger partial charge in [-0.3, -0.25) is 14.4 Å². The molecule has 3 aromatic rings. The van der Waals surface area contributed by atoms with Crippen LogP contribution in [0.15, 0.2) is 85.1 Å². The minimum atomic E-state index is -4.58. The Bertz CT molecular complexity index is 1450. The van der Waals surface area contributed by atoms with Crippen LogP contribution in [0.2, 0.25) is 0 Å². The maximum absolute atomic E-state index is 13.7. The molecule has 1 N–H and O–H groups in total. The maximum atomic E-state index is 13.7. The minimum Gasteiger partial charge on any atom is -0.357 e. The third kappa shape index (κ3) is 3.61. The molecular formula is C28H20F3N3O3. The van der Waals surface area contributed by atoms with Gasteiger partial charge in [-0.25, -0.2) is 4.90 Å². The summed E-state index contributed by atoms with van der Waals surface area (Å²) in [6, 6.07) is 18.6. The van der Waals surface area contributed by atoms with Gasteiger partial charge >= 0.3 is 6.18 Å². The van der Waals surface area contributed by atoms with Crippen molar-refractivity contribution < 1.29 is 27.6 Å². The van der Waals surface area contributed by atoms with Crippen LogP contribution in [0.25, 0.3) is 6.08 Å². The molecule has 37 heavy (non-hydrogen) atoms. The minimum absolute atomic E-state index is 0.0436. The van der Waals surface area contributed by atoms with Gasteiger partial charge < -0.3 is 10.2 Å². The summed E-state index contributed by atoms with van der Waals surface area (Å²) in [5.41, 5.74) is 1.15. The van der Waals surface area contributed by atoms with Gasteiger partial charge in [0.05, 0.1) is 29.1 Å². The Labute approximate surface area is 210 Å². The van der Waals surface area contributed by atoms with E-state index in [1.165, 1.54) is 12.1 Å². The molecule has 186 valence electrons. The fourth-order valence-electron chi connectivity index (χ4n) is 5.68. The van der Waals surface area contributed by atoms with E-state index in [0.717, 1.165) is 28.2 Å². The molecule has 3 heterocycles. The number of carbonyl (C=O) groups excluding carboxylic acids is 3. The second-order valence-corrected chi connectivity index (χ2v) is 9.25. The lowest BCUT2D eigenvalue weighted by molar-refractivity contribution is -0.137. The molecule has 0 bridgehead atoms. The normalized spacial score (nSPS) is 24.1. The number of benzene rings is 3. The third-order valence-corrected chi connectivity index (χ3v) is 7.20. The van der Waals surface area contributed by atoms with Gasteiger partial charge in [0.1, 0.15) is 6.04 Å². The van der Waals surface area contributed by atoms with Gasteiger partial charge in [0.15, 0.2) is 0 Å². The van der Waals surface area contributed by atoms with Gasteiger partial charge in [-0.2, -0.15) is 13.2 Å². The fraction of sp³-hybridized carbons (Fsp3) is 0.179. The van der Waals surface area contributed by atoms with Crippen molar-refractivity contribution in [1.82, 2.24) is 4.90 Å². The molecule has 6 rings (SSSR count). The van der Waals surface area contributed by atoms with Crippen LogP contribution in [0.1, 0.15) is 22.7 Å². The van der Waals surface area contributed by atoms with E-state index in [1.807, 2.05) is 24.3 Å². The summed E-state index contributed by atoms with van der Waals surface area (Å²) in [7, 11) is 0. The molecule has 2 saturated heterocycles. The predicted octanol–water partition coefficient (Wildman–Crippen LogP) is 4.86. The number of nitrogens with zero attached hydrogens (tertiary/aromatic N) is 2. The van der Waals surface area contributed by atoms with E-state index in [1.54, 1.807) is 47.5 Å². The van der Waals surface area contributed by atoms with E-state index < -0.39 is 53.4 Å². The number of imide groups is 1. The third-order valence-electron chi connectivity index (χ3n) is 7.20. The molecular weight excluding hydrogens is 483 g/mol. The number of para-hydroxylation sites is 1. The molecule has 0 radical (unpaired) electrons. The summed E-state index contributed by atoms with van der Waals surface area (Å²) in [5, 5.41) is 2.56. The maximum Gasteiger partial charge on any atom is 0.416 e. The number of nitrogens with one attached hydrogen (secondary N) is 1. The second kappa shape index (κ2) is 8.33. The van der Waals surface area contributed by atoms with Crippen molar-refractivity contribution in [3.63, 3.8) is 0 Å². The Kier molecular flexibility index (Phi) is 5.18. The molecule has 3 aromatic carbocycles. The molecule has 0 spiro atoms. The summed E-state index contributed by atoms with van der Waals surface area (Å²) in [6.45, 7) is 0. The van der Waals surface area contributed by atoms with Crippen LogP contribution < -0.4 is 10.2 Å². The van der Waals surface area contributed by atoms with E-state index in [-0.39, 0.29) is 5.69 Å². The quantitative estimate of drug-likeness (QED) is 0.519. The highest BCUT2D eigenvalue weighted by Gasteiger charge is 2.64. The lowest BCUT2D eigenvalue weighted by atomic mass is 9.84. The lowest BCUT2D eigenvalue weighted by Crippen LogP contribution is -2.46. The summed E-state index contributed by atoms with van der Waals surface area (Å²) in [5.74, 6) is -3.42. The van der Waals surface area contributed by atoms with Crippen LogP contribution in [-0.4, -0.2) is 28.7 Å².